The third-order valence-corrected chi connectivity index (χ3v) is 0.726. The van der Waals surface area contributed by atoms with Crippen LogP contribution >= 0.6 is 0 Å². The molecule has 4 nitrogen and oxygen atoms in total. The third kappa shape index (κ3) is 4.80. The van der Waals surface area contributed by atoms with Crippen LogP contribution in [-0.2, 0) is 4.79 Å². The number of carbonyl (C=O) groups excluding carboxylic acids is 2. The second-order valence-electron chi connectivity index (χ2n) is 1.52. The van der Waals surface area contributed by atoms with Crippen molar-refractivity contribution in [3.8, 4) is 0 Å². The van der Waals surface area contributed by atoms with Gasteiger partial charge in [-0.15, -0.1) is 0 Å². The number of hydrogen-bond acceptors (Lipinski definition) is 2. The highest BCUT2D eigenvalue weighted by Gasteiger charge is 1.92. The van der Waals surface area contributed by atoms with Crippen LogP contribution in [0.1, 0.15) is 13.3 Å². The van der Waals surface area contributed by atoms with E-state index >= 15 is 0 Å². The van der Waals surface area contributed by atoms with Gasteiger partial charge in [-0.1, -0.05) is 6.92 Å². The van der Waals surface area contributed by atoms with E-state index in [2.05, 4.69) is 5.32 Å². The lowest BCUT2D eigenvalue weighted by atomic mass is 10.5. The second kappa shape index (κ2) is 5.08. The topological polar surface area (TPSA) is 58.2 Å². The van der Waals surface area contributed by atoms with Gasteiger partial charge in [0, 0.05) is 6.54 Å². The molecule has 0 aliphatic heterocycles. The number of carbonyl (C=O) groups is 2. The van der Waals surface area contributed by atoms with Gasteiger partial charge in [0.2, 0.25) is 6.41 Å². The Bertz CT molecular complexity index is 103. The number of imide groups is 1. The van der Waals surface area contributed by atoms with Crippen molar-refractivity contribution >= 4 is 12.4 Å². The maximum absolute atomic E-state index is 10.3. The van der Waals surface area contributed by atoms with E-state index in [1.165, 1.54) is 0 Å². The molecule has 0 unspecified atom stereocenters. The van der Waals surface area contributed by atoms with Crippen molar-refractivity contribution < 1.29 is 9.59 Å². The Balaban J connectivity index is 3.16. The molecule has 9 heavy (non-hydrogen) atoms. The molecule has 0 aromatic heterocycles. The van der Waals surface area contributed by atoms with Crippen LogP contribution in [-0.4, -0.2) is 19.0 Å². The van der Waals surface area contributed by atoms with Crippen molar-refractivity contribution in [2.75, 3.05) is 6.54 Å². The van der Waals surface area contributed by atoms with Crippen molar-refractivity contribution in [3.05, 3.63) is 0 Å². The molecule has 0 saturated carbocycles. The summed E-state index contributed by atoms with van der Waals surface area (Å²) in [6.07, 6.45) is 1.22. The summed E-state index contributed by atoms with van der Waals surface area (Å²) in [5.41, 5.74) is 0. The Labute approximate surface area is 53.6 Å². The first kappa shape index (κ1) is 7.94. The van der Waals surface area contributed by atoms with Gasteiger partial charge >= 0.3 is 6.03 Å². The molecule has 0 rings (SSSR count). The van der Waals surface area contributed by atoms with Crippen molar-refractivity contribution in [1.29, 1.82) is 0 Å². The summed E-state index contributed by atoms with van der Waals surface area (Å²) in [4.78, 5) is 20.0. The summed E-state index contributed by atoms with van der Waals surface area (Å²) in [6.45, 7) is 2.53. The van der Waals surface area contributed by atoms with E-state index in [-0.39, 0.29) is 0 Å². The molecule has 3 amide bonds. The maximum atomic E-state index is 10.3. The van der Waals surface area contributed by atoms with E-state index in [1.54, 1.807) is 0 Å². The van der Waals surface area contributed by atoms with E-state index in [1.807, 2.05) is 12.2 Å². The van der Waals surface area contributed by atoms with Gasteiger partial charge in [-0.25, -0.2) is 4.79 Å². The minimum atomic E-state index is -0.438. The molecule has 0 saturated heterocycles. The van der Waals surface area contributed by atoms with Crippen LogP contribution in [0.3, 0.4) is 0 Å². The van der Waals surface area contributed by atoms with Crippen molar-refractivity contribution in [2.24, 2.45) is 0 Å². The Morgan fingerprint density at radius 2 is 2.33 bits per heavy atom. The molecule has 4 heteroatoms. The summed E-state index contributed by atoms with van der Waals surface area (Å²) in [7, 11) is 0. The van der Waals surface area contributed by atoms with Gasteiger partial charge in [-0.3, -0.25) is 10.1 Å². The molecular weight excluding hydrogens is 120 g/mol. The zero-order valence-corrected chi connectivity index (χ0v) is 5.31. The standard InChI is InChI=1S/C5H10N2O2/c1-2-3-6-5(9)7-4-8/h4H,2-3H2,1H3,(H2,6,7,8,9). The number of rotatable bonds is 3. The average Bonchev–Trinajstić information content (AvgIpc) is 1.85. The first-order valence-electron chi connectivity index (χ1n) is 2.79. The quantitative estimate of drug-likeness (QED) is 0.522. The Hall–Kier alpha value is -1.06. The van der Waals surface area contributed by atoms with E-state index in [0.29, 0.717) is 13.0 Å². The van der Waals surface area contributed by atoms with Crippen LogP contribution in [0.2, 0.25) is 0 Å². The van der Waals surface area contributed by atoms with Gasteiger partial charge in [0.15, 0.2) is 0 Å². The van der Waals surface area contributed by atoms with Crippen LogP contribution in [0.25, 0.3) is 0 Å². The monoisotopic (exact) mass is 130 g/mol. The molecular formula is C5H10N2O2. The predicted molar refractivity (Wildman–Crippen MR) is 32.9 cm³/mol. The smallest absolute Gasteiger partial charge is 0.321 e. The first-order chi connectivity index (χ1) is 4.31. The molecule has 2 N–H and O–H groups in total. The van der Waals surface area contributed by atoms with E-state index < -0.39 is 6.03 Å². The molecule has 0 radical (unpaired) electrons. The second-order valence-corrected chi connectivity index (χ2v) is 1.52. The lowest BCUT2D eigenvalue weighted by molar-refractivity contribution is -0.108. The van der Waals surface area contributed by atoms with E-state index in [4.69, 9.17) is 0 Å². The first-order valence-corrected chi connectivity index (χ1v) is 2.79. The molecule has 0 aliphatic rings. The zero-order valence-electron chi connectivity index (χ0n) is 5.31. The third-order valence-electron chi connectivity index (χ3n) is 0.726. The van der Waals surface area contributed by atoms with Crippen molar-refractivity contribution in [3.63, 3.8) is 0 Å². The zero-order chi connectivity index (χ0) is 7.11. The van der Waals surface area contributed by atoms with Gasteiger partial charge in [0.1, 0.15) is 0 Å². The highest BCUT2D eigenvalue weighted by atomic mass is 16.2. The normalized spacial score (nSPS) is 8.11. The van der Waals surface area contributed by atoms with Gasteiger partial charge in [-0.05, 0) is 6.42 Å². The molecule has 52 valence electrons. The number of urea groups is 1. The number of amides is 3. The van der Waals surface area contributed by atoms with Crippen LogP contribution in [0.4, 0.5) is 4.79 Å². The molecule has 0 aromatic carbocycles. The van der Waals surface area contributed by atoms with Crippen LogP contribution in [0.5, 0.6) is 0 Å². The Morgan fingerprint density at radius 3 is 2.78 bits per heavy atom. The van der Waals surface area contributed by atoms with Gasteiger partial charge in [0.05, 0.1) is 0 Å². The molecule has 0 aliphatic carbocycles. The number of nitrogens with one attached hydrogen (secondary N) is 2. The lowest BCUT2D eigenvalue weighted by Gasteiger charge is -1.98. The fourth-order valence-corrected chi connectivity index (χ4v) is 0.343. The maximum Gasteiger partial charge on any atom is 0.321 e. The summed E-state index contributed by atoms with van der Waals surface area (Å²) < 4.78 is 0. The SMILES string of the molecule is CCCNC(=O)NC=O. The van der Waals surface area contributed by atoms with Gasteiger partial charge in [0.25, 0.3) is 0 Å². The van der Waals surface area contributed by atoms with Gasteiger partial charge < -0.3 is 5.32 Å². The van der Waals surface area contributed by atoms with Crippen molar-refractivity contribution in [1.82, 2.24) is 10.6 Å². The average molecular weight is 130 g/mol. The fraction of sp³-hybridized carbons (Fsp3) is 0.600. The predicted octanol–water partition coefficient (Wildman–Crippen LogP) is -0.148. The van der Waals surface area contributed by atoms with Crippen LogP contribution in [0, 0.1) is 0 Å². The summed E-state index contributed by atoms with van der Waals surface area (Å²) in [6, 6.07) is -0.438. The summed E-state index contributed by atoms with van der Waals surface area (Å²) >= 11 is 0. The van der Waals surface area contributed by atoms with E-state index in [9.17, 15) is 9.59 Å². The molecule has 0 atom stereocenters. The molecule has 0 bridgehead atoms. The molecule has 0 fully saturated rings. The minimum absolute atomic E-state index is 0.352. The van der Waals surface area contributed by atoms with Crippen LogP contribution in [0.15, 0.2) is 0 Å². The van der Waals surface area contributed by atoms with E-state index in [0.717, 1.165) is 6.42 Å². The van der Waals surface area contributed by atoms with Gasteiger partial charge in [-0.2, -0.15) is 0 Å². The lowest BCUT2D eigenvalue weighted by Crippen LogP contribution is -2.34. The minimum Gasteiger partial charge on any atom is -0.338 e. The highest BCUT2D eigenvalue weighted by molar-refractivity contribution is 5.84. The summed E-state index contributed by atoms with van der Waals surface area (Å²) in [5.74, 6) is 0. The van der Waals surface area contributed by atoms with Crippen molar-refractivity contribution in [2.45, 2.75) is 13.3 Å². The number of hydrogen-bond donors (Lipinski definition) is 2. The molecule has 0 aromatic rings. The molecule has 0 spiro atoms. The van der Waals surface area contributed by atoms with Crippen LogP contribution < -0.4 is 10.6 Å². The highest BCUT2D eigenvalue weighted by Crippen LogP contribution is 1.68. The molecule has 0 heterocycles. The largest absolute Gasteiger partial charge is 0.338 e. The fourth-order valence-electron chi connectivity index (χ4n) is 0.343. The Morgan fingerprint density at radius 1 is 1.67 bits per heavy atom. The Kier molecular flexibility index (Phi) is 4.49. The summed E-state index contributed by atoms with van der Waals surface area (Å²) in [5, 5.41) is 4.40.